The van der Waals surface area contributed by atoms with Crippen LogP contribution in [0.2, 0.25) is 0 Å². The lowest BCUT2D eigenvalue weighted by Gasteiger charge is -2.36. The first kappa shape index (κ1) is 17.5. The van der Waals surface area contributed by atoms with Crippen molar-refractivity contribution in [2.24, 2.45) is 0 Å². The second-order valence-electron chi connectivity index (χ2n) is 6.80. The number of nitrogens with one attached hydrogen (secondary N) is 1. The molecular formula is C20H19F2N3O2. The summed E-state index contributed by atoms with van der Waals surface area (Å²) in [6.45, 7) is 2.32. The van der Waals surface area contributed by atoms with Crippen molar-refractivity contribution in [3.8, 4) is 0 Å². The predicted octanol–water partition coefficient (Wildman–Crippen LogP) is 2.81. The Bertz CT molecular complexity index is 908. The lowest BCUT2D eigenvalue weighted by Crippen LogP contribution is -2.48. The van der Waals surface area contributed by atoms with E-state index in [0.29, 0.717) is 32.6 Å². The standard InChI is InChI=1S/C20H19F2N3O2/c21-16-4-1-14(12-17(16)22)20(27)25-9-7-24(8-10-25)15-3-5-18-13(11-15)2-6-19(26)23-18/h1,3-5,11-12H,2,6-10H2,(H,23,26). The fraction of sp³-hybridized carbons (Fsp3) is 0.300. The minimum Gasteiger partial charge on any atom is -0.368 e. The summed E-state index contributed by atoms with van der Waals surface area (Å²) in [5.41, 5.74) is 3.20. The highest BCUT2D eigenvalue weighted by molar-refractivity contribution is 5.95. The Balaban J connectivity index is 1.42. The van der Waals surface area contributed by atoms with Crippen molar-refractivity contribution in [3.05, 3.63) is 59.2 Å². The minimum absolute atomic E-state index is 0.0413. The smallest absolute Gasteiger partial charge is 0.254 e. The van der Waals surface area contributed by atoms with Crippen molar-refractivity contribution in [2.75, 3.05) is 36.4 Å². The van der Waals surface area contributed by atoms with Crippen molar-refractivity contribution in [2.45, 2.75) is 12.8 Å². The monoisotopic (exact) mass is 371 g/mol. The number of nitrogens with zero attached hydrogens (tertiary/aromatic N) is 2. The zero-order chi connectivity index (χ0) is 19.0. The van der Waals surface area contributed by atoms with Gasteiger partial charge < -0.3 is 15.1 Å². The molecule has 4 rings (SSSR count). The van der Waals surface area contributed by atoms with Gasteiger partial charge in [0.2, 0.25) is 5.91 Å². The number of carbonyl (C=O) groups is 2. The number of hydrogen-bond acceptors (Lipinski definition) is 3. The third-order valence-electron chi connectivity index (χ3n) is 5.08. The van der Waals surface area contributed by atoms with Gasteiger partial charge in [0.15, 0.2) is 11.6 Å². The summed E-state index contributed by atoms with van der Waals surface area (Å²) < 4.78 is 26.4. The van der Waals surface area contributed by atoms with E-state index in [-0.39, 0.29) is 17.4 Å². The lowest BCUT2D eigenvalue weighted by atomic mass is 10.0. The molecule has 2 aromatic carbocycles. The van der Waals surface area contributed by atoms with E-state index in [1.165, 1.54) is 6.07 Å². The van der Waals surface area contributed by atoms with E-state index in [1.807, 2.05) is 12.1 Å². The second-order valence-corrected chi connectivity index (χ2v) is 6.80. The largest absolute Gasteiger partial charge is 0.368 e. The first-order valence-corrected chi connectivity index (χ1v) is 8.93. The maximum absolute atomic E-state index is 13.4. The summed E-state index contributed by atoms with van der Waals surface area (Å²) in [5, 5.41) is 2.87. The van der Waals surface area contributed by atoms with Crippen LogP contribution in [0, 0.1) is 11.6 Å². The molecule has 27 heavy (non-hydrogen) atoms. The van der Waals surface area contributed by atoms with Crippen molar-refractivity contribution < 1.29 is 18.4 Å². The summed E-state index contributed by atoms with van der Waals surface area (Å²) in [6, 6.07) is 9.21. The predicted molar refractivity (Wildman–Crippen MR) is 97.9 cm³/mol. The SMILES string of the molecule is O=C1CCc2cc(N3CCN(C(=O)c4ccc(F)c(F)c4)CC3)ccc2N1. The third-order valence-corrected chi connectivity index (χ3v) is 5.08. The van der Waals surface area contributed by atoms with E-state index in [4.69, 9.17) is 0 Å². The first-order valence-electron chi connectivity index (χ1n) is 8.93. The maximum Gasteiger partial charge on any atom is 0.254 e. The molecule has 0 spiro atoms. The molecule has 1 N–H and O–H groups in total. The molecule has 2 aliphatic rings. The van der Waals surface area contributed by atoms with Gasteiger partial charge in [-0.05, 0) is 48.4 Å². The molecule has 2 aliphatic heterocycles. The number of aryl methyl sites for hydroxylation is 1. The Labute approximate surface area is 155 Å². The highest BCUT2D eigenvalue weighted by Gasteiger charge is 2.24. The fourth-order valence-electron chi connectivity index (χ4n) is 3.55. The molecule has 1 fully saturated rings. The first-order chi connectivity index (χ1) is 13.0. The van der Waals surface area contributed by atoms with Crippen LogP contribution in [0.25, 0.3) is 0 Å². The number of anilines is 2. The van der Waals surface area contributed by atoms with Crippen LogP contribution < -0.4 is 10.2 Å². The number of fused-ring (bicyclic) bond motifs is 1. The Morgan fingerprint density at radius 1 is 0.926 bits per heavy atom. The van der Waals surface area contributed by atoms with Crippen LogP contribution in [0.3, 0.4) is 0 Å². The van der Waals surface area contributed by atoms with Crippen LogP contribution in [0.15, 0.2) is 36.4 Å². The van der Waals surface area contributed by atoms with Gasteiger partial charge in [0.25, 0.3) is 5.91 Å². The van der Waals surface area contributed by atoms with Gasteiger partial charge >= 0.3 is 0 Å². The molecule has 2 aromatic rings. The summed E-state index contributed by atoms with van der Waals surface area (Å²) in [4.78, 5) is 27.8. The summed E-state index contributed by atoms with van der Waals surface area (Å²) in [7, 11) is 0. The topological polar surface area (TPSA) is 52.7 Å². The molecule has 0 aliphatic carbocycles. The lowest BCUT2D eigenvalue weighted by molar-refractivity contribution is -0.116. The molecule has 2 amide bonds. The molecule has 0 bridgehead atoms. The number of benzene rings is 2. The highest BCUT2D eigenvalue weighted by Crippen LogP contribution is 2.28. The number of piperazine rings is 1. The number of amides is 2. The molecule has 2 heterocycles. The van der Waals surface area contributed by atoms with Gasteiger partial charge in [-0.2, -0.15) is 0 Å². The summed E-state index contributed by atoms with van der Waals surface area (Å²) in [5.74, 6) is -2.22. The highest BCUT2D eigenvalue weighted by atomic mass is 19.2. The Hall–Kier alpha value is -2.96. The van der Waals surface area contributed by atoms with Gasteiger partial charge in [-0.15, -0.1) is 0 Å². The zero-order valence-electron chi connectivity index (χ0n) is 14.7. The van der Waals surface area contributed by atoms with Crippen LogP contribution in [0.5, 0.6) is 0 Å². The quantitative estimate of drug-likeness (QED) is 0.883. The molecule has 0 radical (unpaired) electrons. The molecule has 0 saturated carbocycles. The van der Waals surface area contributed by atoms with Gasteiger partial charge in [-0.25, -0.2) is 8.78 Å². The average Bonchev–Trinajstić information content (AvgIpc) is 2.69. The maximum atomic E-state index is 13.4. The minimum atomic E-state index is -1.01. The van der Waals surface area contributed by atoms with Crippen molar-refractivity contribution in [1.29, 1.82) is 0 Å². The van der Waals surface area contributed by atoms with E-state index in [1.54, 1.807) is 4.90 Å². The second kappa shape index (κ2) is 6.98. The Kier molecular flexibility index (Phi) is 4.51. The van der Waals surface area contributed by atoms with Gasteiger partial charge in [-0.3, -0.25) is 9.59 Å². The van der Waals surface area contributed by atoms with E-state index in [0.717, 1.165) is 35.5 Å². The van der Waals surface area contributed by atoms with Crippen LogP contribution in [0.1, 0.15) is 22.3 Å². The number of rotatable bonds is 2. The van der Waals surface area contributed by atoms with Crippen LogP contribution >= 0.6 is 0 Å². The molecule has 7 heteroatoms. The van der Waals surface area contributed by atoms with Crippen LogP contribution in [-0.4, -0.2) is 42.9 Å². The number of carbonyl (C=O) groups excluding carboxylic acids is 2. The Morgan fingerprint density at radius 3 is 2.44 bits per heavy atom. The number of halogens is 2. The van der Waals surface area contributed by atoms with Gasteiger partial charge in [-0.1, -0.05) is 0 Å². The average molecular weight is 371 g/mol. The molecular weight excluding hydrogens is 352 g/mol. The molecule has 1 saturated heterocycles. The van der Waals surface area contributed by atoms with Gasteiger partial charge in [0.05, 0.1) is 0 Å². The van der Waals surface area contributed by atoms with Crippen molar-refractivity contribution in [1.82, 2.24) is 4.90 Å². The zero-order valence-corrected chi connectivity index (χ0v) is 14.7. The Morgan fingerprint density at radius 2 is 1.70 bits per heavy atom. The van der Waals surface area contributed by atoms with Crippen LogP contribution in [-0.2, 0) is 11.2 Å². The molecule has 0 unspecified atom stereocenters. The van der Waals surface area contributed by atoms with Crippen LogP contribution in [0.4, 0.5) is 20.2 Å². The van der Waals surface area contributed by atoms with E-state index in [9.17, 15) is 18.4 Å². The van der Waals surface area contributed by atoms with Crippen molar-refractivity contribution in [3.63, 3.8) is 0 Å². The summed E-state index contributed by atoms with van der Waals surface area (Å²) >= 11 is 0. The summed E-state index contributed by atoms with van der Waals surface area (Å²) in [6.07, 6.45) is 1.22. The normalized spacial score (nSPS) is 16.7. The molecule has 5 nitrogen and oxygen atoms in total. The molecule has 0 atom stereocenters. The third kappa shape index (κ3) is 3.49. The molecule has 0 aromatic heterocycles. The number of hydrogen-bond donors (Lipinski definition) is 1. The van der Waals surface area contributed by atoms with E-state index < -0.39 is 11.6 Å². The van der Waals surface area contributed by atoms with E-state index >= 15 is 0 Å². The fourth-order valence-corrected chi connectivity index (χ4v) is 3.55. The van der Waals surface area contributed by atoms with Crippen molar-refractivity contribution >= 4 is 23.2 Å². The van der Waals surface area contributed by atoms with Gasteiger partial charge in [0, 0.05) is 49.5 Å². The van der Waals surface area contributed by atoms with E-state index in [2.05, 4.69) is 16.3 Å². The molecule has 140 valence electrons. The van der Waals surface area contributed by atoms with Gasteiger partial charge in [0.1, 0.15) is 0 Å².